The Kier molecular flexibility index (Phi) is 7.53. The topological polar surface area (TPSA) is 45.1 Å². The van der Waals surface area contributed by atoms with E-state index in [9.17, 15) is 4.79 Å². The molecule has 0 aliphatic carbocycles. The molecule has 0 radical (unpaired) electrons. The molecule has 0 unspecified atom stereocenters. The summed E-state index contributed by atoms with van der Waals surface area (Å²) in [6.45, 7) is 7.08. The molecule has 0 saturated carbocycles. The number of amidine groups is 1. The van der Waals surface area contributed by atoms with Crippen LogP contribution in [0.25, 0.3) is 12.2 Å². The Bertz CT molecular complexity index is 1410. The van der Waals surface area contributed by atoms with Crippen molar-refractivity contribution in [3.63, 3.8) is 0 Å². The van der Waals surface area contributed by atoms with Gasteiger partial charge in [-0.15, -0.1) is 6.58 Å². The largest absolute Gasteiger partial charge is 0.497 e. The predicted octanol–water partition coefficient (Wildman–Crippen LogP) is 7.42. The molecule has 2 aliphatic rings. The number of anilines is 1. The number of rotatable bonds is 7. The molecule has 1 fully saturated rings. The lowest BCUT2D eigenvalue weighted by Gasteiger charge is -2.19. The van der Waals surface area contributed by atoms with Gasteiger partial charge in [0.2, 0.25) is 0 Å². The number of hydrogen-bond donors (Lipinski definition) is 0. The molecular weight excluding hydrogens is 498 g/mol. The average Bonchev–Trinajstić information content (AvgIpc) is 3.45. The van der Waals surface area contributed by atoms with Crippen LogP contribution in [0, 0.1) is 0 Å². The van der Waals surface area contributed by atoms with Crippen LogP contribution in [0.5, 0.6) is 5.75 Å². The monoisotopic (exact) mass is 525 g/mol. The highest BCUT2D eigenvalue weighted by atomic mass is 32.2. The van der Waals surface area contributed by atoms with E-state index < -0.39 is 0 Å². The van der Waals surface area contributed by atoms with E-state index in [1.165, 1.54) is 11.8 Å². The van der Waals surface area contributed by atoms with E-state index in [2.05, 4.69) is 42.7 Å². The van der Waals surface area contributed by atoms with Crippen LogP contribution >= 0.6 is 23.5 Å². The minimum atomic E-state index is -0.0493. The first kappa shape index (κ1) is 25.0. The molecule has 2 aliphatic heterocycles. The van der Waals surface area contributed by atoms with E-state index in [0.717, 1.165) is 44.7 Å². The first-order valence-electron chi connectivity index (χ1n) is 12.0. The van der Waals surface area contributed by atoms with Crippen molar-refractivity contribution in [1.29, 1.82) is 0 Å². The number of benzene rings is 3. The maximum absolute atomic E-state index is 13.5. The summed E-state index contributed by atoms with van der Waals surface area (Å²) in [5, 5.41) is 1.59. The average molecular weight is 526 g/mol. The van der Waals surface area contributed by atoms with Crippen LogP contribution in [-0.4, -0.2) is 36.2 Å². The zero-order chi connectivity index (χ0) is 25.8. The van der Waals surface area contributed by atoms with Gasteiger partial charge in [-0.05, 0) is 54.1 Å². The highest BCUT2D eigenvalue weighted by molar-refractivity contribution is 8.19. The number of fused-ring (bicyclic) bond motifs is 1. The number of ether oxygens (including phenoxy) is 1. The van der Waals surface area contributed by atoms with Gasteiger partial charge >= 0.3 is 0 Å². The third-order valence-corrected chi connectivity index (χ3v) is 8.36. The lowest BCUT2D eigenvalue weighted by molar-refractivity contribution is -0.121. The van der Waals surface area contributed by atoms with Gasteiger partial charge in [0.15, 0.2) is 5.17 Å². The van der Waals surface area contributed by atoms with Crippen molar-refractivity contribution in [2.45, 2.75) is 11.8 Å². The quantitative estimate of drug-likeness (QED) is 0.183. The Morgan fingerprint density at radius 2 is 1.68 bits per heavy atom. The number of aliphatic imine (C=N–C) groups is 1. The van der Waals surface area contributed by atoms with Gasteiger partial charge in [-0.3, -0.25) is 9.69 Å². The molecule has 37 heavy (non-hydrogen) atoms. The maximum atomic E-state index is 13.5. The van der Waals surface area contributed by atoms with Gasteiger partial charge in [-0.1, -0.05) is 72.5 Å². The SMILES string of the molecule is C=CCN1C(=O)/C(=C2/Sc3ccc(OC)cc3N2CC)SC1=Nc1ccc(/C=C/c2ccccc2)cc1. The predicted molar refractivity (Wildman–Crippen MR) is 157 cm³/mol. The summed E-state index contributed by atoms with van der Waals surface area (Å²) >= 11 is 3.04. The Hall–Kier alpha value is -3.68. The van der Waals surface area contributed by atoms with E-state index in [1.807, 2.05) is 60.7 Å². The van der Waals surface area contributed by atoms with Gasteiger partial charge in [0.1, 0.15) is 15.7 Å². The fraction of sp³-hybridized carbons (Fsp3) is 0.133. The summed E-state index contributed by atoms with van der Waals surface area (Å²) in [4.78, 5) is 24.0. The fourth-order valence-electron chi connectivity index (χ4n) is 4.11. The minimum absolute atomic E-state index is 0.0493. The zero-order valence-corrected chi connectivity index (χ0v) is 22.4. The van der Waals surface area contributed by atoms with Crippen molar-refractivity contribution < 1.29 is 9.53 Å². The maximum Gasteiger partial charge on any atom is 0.269 e. The molecule has 2 heterocycles. The molecule has 0 N–H and O–H groups in total. The van der Waals surface area contributed by atoms with Gasteiger partial charge in [0.05, 0.1) is 18.5 Å². The Morgan fingerprint density at radius 3 is 2.35 bits per heavy atom. The van der Waals surface area contributed by atoms with Crippen molar-refractivity contribution in [2.24, 2.45) is 4.99 Å². The van der Waals surface area contributed by atoms with E-state index >= 15 is 0 Å². The van der Waals surface area contributed by atoms with Gasteiger partial charge in [-0.2, -0.15) is 0 Å². The van der Waals surface area contributed by atoms with Crippen LogP contribution < -0.4 is 9.64 Å². The molecule has 5 rings (SSSR count). The summed E-state index contributed by atoms with van der Waals surface area (Å²) < 4.78 is 5.43. The molecule has 186 valence electrons. The molecule has 5 nitrogen and oxygen atoms in total. The molecule has 0 bridgehead atoms. The molecule has 3 aromatic carbocycles. The van der Waals surface area contributed by atoms with Gasteiger partial charge in [-0.25, -0.2) is 4.99 Å². The molecule has 0 spiro atoms. The molecule has 0 aromatic heterocycles. The molecular formula is C30H27N3O2S2. The lowest BCUT2D eigenvalue weighted by Crippen LogP contribution is -2.30. The van der Waals surface area contributed by atoms with E-state index in [4.69, 9.17) is 9.73 Å². The number of hydrogen-bond acceptors (Lipinski definition) is 6. The summed E-state index contributed by atoms with van der Waals surface area (Å²) in [7, 11) is 1.66. The second kappa shape index (κ2) is 11.2. The Morgan fingerprint density at radius 1 is 0.946 bits per heavy atom. The van der Waals surface area contributed by atoms with Gasteiger partial charge < -0.3 is 9.64 Å². The van der Waals surface area contributed by atoms with Crippen molar-refractivity contribution in [3.05, 3.63) is 107 Å². The van der Waals surface area contributed by atoms with Crippen LogP contribution in [0.3, 0.4) is 0 Å². The van der Waals surface area contributed by atoms with Crippen LogP contribution in [0.2, 0.25) is 0 Å². The van der Waals surface area contributed by atoms with Gasteiger partial charge in [0, 0.05) is 24.1 Å². The van der Waals surface area contributed by atoms with Crippen LogP contribution in [0.15, 0.2) is 105 Å². The molecule has 0 atom stereocenters. The first-order chi connectivity index (χ1) is 18.1. The highest BCUT2D eigenvalue weighted by Gasteiger charge is 2.39. The Balaban J connectivity index is 1.42. The van der Waals surface area contributed by atoms with Crippen molar-refractivity contribution in [1.82, 2.24) is 4.90 Å². The molecule has 1 saturated heterocycles. The number of methoxy groups -OCH3 is 1. The summed E-state index contributed by atoms with van der Waals surface area (Å²) in [5.41, 5.74) is 4.09. The number of carbonyl (C=O) groups excluding carboxylic acids is 1. The second-order valence-electron chi connectivity index (χ2n) is 8.35. The van der Waals surface area contributed by atoms with Gasteiger partial charge in [0.25, 0.3) is 5.91 Å². The molecule has 7 heteroatoms. The van der Waals surface area contributed by atoms with Crippen molar-refractivity contribution in [2.75, 3.05) is 25.1 Å². The smallest absolute Gasteiger partial charge is 0.269 e. The minimum Gasteiger partial charge on any atom is -0.497 e. The van der Waals surface area contributed by atoms with Crippen LogP contribution in [0.1, 0.15) is 18.1 Å². The van der Waals surface area contributed by atoms with Crippen LogP contribution in [0.4, 0.5) is 11.4 Å². The standard InChI is InChI=1S/C30H27N3O2S2/c1-4-19-33-28(34)27(29-32(5-2)25-20-24(35-3)17-18-26(25)36-29)37-30(33)31-23-15-13-22(14-16-23)12-11-21-9-7-6-8-10-21/h4,6-18,20H,1,5,19H2,2-3H3/b12-11+,29-27-,31-30?. The third-order valence-electron chi connectivity index (χ3n) is 5.98. The Labute approximate surface area is 226 Å². The third kappa shape index (κ3) is 5.24. The van der Waals surface area contributed by atoms with Crippen LogP contribution in [-0.2, 0) is 4.79 Å². The summed E-state index contributed by atoms with van der Waals surface area (Å²) in [6, 6.07) is 24.2. The summed E-state index contributed by atoms with van der Waals surface area (Å²) in [5.74, 6) is 0.749. The lowest BCUT2D eigenvalue weighted by atomic mass is 10.1. The van der Waals surface area contributed by atoms with Crippen molar-refractivity contribution >= 4 is 58.1 Å². The van der Waals surface area contributed by atoms with E-state index in [-0.39, 0.29) is 5.91 Å². The fourth-order valence-corrected chi connectivity index (χ4v) is 6.49. The first-order valence-corrected chi connectivity index (χ1v) is 13.6. The highest BCUT2D eigenvalue weighted by Crippen LogP contribution is 2.51. The number of carbonyl (C=O) groups is 1. The van der Waals surface area contributed by atoms with E-state index in [1.54, 1.807) is 29.8 Å². The molecule has 1 amide bonds. The second-order valence-corrected chi connectivity index (χ2v) is 10.4. The number of thioether (sulfide) groups is 2. The van der Waals surface area contributed by atoms with E-state index in [0.29, 0.717) is 16.6 Å². The summed E-state index contributed by atoms with van der Waals surface area (Å²) in [6.07, 6.45) is 5.90. The zero-order valence-electron chi connectivity index (χ0n) is 20.8. The normalized spacial score (nSPS) is 18.2. The number of nitrogens with zero attached hydrogens (tertiary/aromatic N) is 3. The number of amides is 1. The molecule has 3 aromatic rings. The van der Waals surface area contributed by atoms with Crippen molar-refractivity contribution in [3.8, 4) is 5.75 Å².